The predicted molar refractivity (Wildman–Crippen MR) is 96.5 cm³/mol. The maximum atomic E-state index is 13.0. The first-order chi connectivity index (χ1) is 11.2. The van der Waals surface area contributed by atoms with Crippen molar-refractivity contribution in [3.8, 4) is 9.88 Å². The Labute approximate surface area is 143 Å². The molecule has 116 valence electrons. The average molecular weight is 340 g/mol. The number of aryl methyl sites for hydroxylation is 1. The molecule has 3 nitrogen and oxygen atoms in total. The average Bonchev–Trinajstić information content (AvgIpc) is 3.25. The summed E-state index contributed by atoms with van der Waals surface area (Å²) in [6.07, 6.45) is 2.02. The molecule has 3 aromatic rings. The van der Waals surface area contributed by atoms with Crippen molar-refractivity contribution in [2.75, 3.05) is 4.90 Å². The highest BCUT2D eigenvalue weighted by atomic mass is 32.1. The number of amides is 1. The Bertz CT molecular complexity index is 838. The first kappa shape index (κ1) is 14.6. The summed E-state index contributed by atoms with van der Waals surface area (Å²) in [5, 5.41) is 4.82. The predicted octanol–water partition coefficient (Wildman–Crippen LogP) is 4.85. The van der Waals surface area contributed by atoms with Gasteiger partial charge in [0.1, 0.15) is 10.7 Å². The molecule has 1 atom stereocenters. The van der Waals surface area contributed by atoms with E-state index in [1.54, 1.807) is 11.3 Å². The van der Waals surface area contributed by atoms with Crippen LogP contribution >= 0.6 is 22.7 Å². The van der Waals surface area contributed by atoms with Gasteiger partial charge in [0.15, 0.2) is 0 Å². The molecule has 0 bridgehead atoms. The maximum absolute atomic E-state index is 13.0. The van der Waals surface area contributed by atoms with Gasteiger partial charge in [-0.3, -0.25) is 4.79 Å². The van der Waals surface area contributed by atoms with Crippen molar-refractivity contribution in [1.82, 2.24) is 4.98 Å². The van der Waals surface area contributed by atoms with Crippen molar-refractivity contribution in [2.45, 2.75) is 25.8 Å². The van der Waals surface area contributed by atoms with Crippen molar-refractivity contribution >= 4 is 34.3 Å². The highest BCUT2D eigenvalue weighted by molar-refractivity contribution is 7.20. The van der Waals surface area contributed by atoms with Gasteiger partial charge in [-0.15, -0.1) is 22.7 Å². The smallest absolute Gasteiger partial charge is 0.278 e. The van der Waals surface area contributed by atoms with Crippen LogP contribution in [-0.2, 0) is 6.42 Å². The molecule has 0 aliphatic carbocycles. The summed E-state index contributed by atoms with van der Waals surface area (Å²) in [5.41, 5.74) is 2.82. The van der Waals surface area contributed by atoms with Crippen molar-refractivity contribution in [3.05, 3.63) is 58.4 Å². The number of fused-ring (bicyclic) bond motifs is 1. The van der Waals surface area contributed by atoms with Crippen LogP contribution in [0.1, 0.15) is 29.4 Å². The number of hydrogen-bond donors (Lipinski definition) is 0. The SMILES string of the molecule is C[C@@H]1CCc2ccccc2N1C(=O)c1csc(-c2cccs2)n1. The zero-order valence-electron chi connectivity index (χ0n) is 12.7. The topological polar surface area (TPSA) is 33.2 Å². The van der Waals surface area contributed by atoms with Crippen LogP contribution in [0.4, 0.5) is 5.69 Å². The third kappa shape index (κ3) is 2.60. The molecule has 0 N–H and O–H groups in total. The molecule has 0 fully saturated rings. The summed E-state index contributed by atoms with van der Waals surface area (Å²) in [5.74, 6) is 0.00343. The lowest BCUT2D eigenvalue weighted by Crippen LogP contribution is -2.42. The molecular weight excluding hydrogens is 324 g/mol. The highest BCUT2D eigenvalue weighted by Gasteiger charge is 2.30. The number of anilines is 1. The third-order valence-electron chi connectivity index (χ3n) is 4.20. The Kier molecular flexibility index (Phi) is 3.75. The van der Waals surface area contributed by atoms with Gasteiger partial charge in [-0.2, -0.15) is 0 Å². The van der Waals surface area contributed by atoms with Crippen LogP contribution in [-0.4, -0.2) is 16.9 Å². The molecule has 23 heavy (non-hydrogen) atoms. The number of para-hydroxylation sites is 1. The second kappa shape index (κ2) is 5.91. The van der Waals surface area contributed by atoms with Gasteiger partial charge in [-0.1, -0.05) is 24.3 Å². The van der Waals surface area contributed by atoms with Gasteiger partial charge in [0.25, 0.3) is 5.91 Å². The zero-order chi connectivity index (χ0) is 15.8. The van der Waals surface area contributed by atoms with E-state index in [9.17, 15) is 4.79 Å². The van der Waals surface area contributed by atoms with Crippen LogP contribution in [0.25, 0.3) is 9.88 Å². The van der Waals surface area contributed by atoms with E-state index >= 15 is 0 Å². The Hall–Kier alpha value is -1.98. The standard InChI is InChI=1S/C18H16N2OS2/c1-12-8-9-13-5-2-3-6-15(13)20(12)18(21)14-11-23-17(19-14)16-7-4-10-22-16/h2-7,10-12H,8-9H2,1H3/t12-/m1/s1. The van der Waals surface area contributed by atoms with E-state index in [1.807, 2.05) is 46.0 Å². The Morgan fingerprint density at radius 1 is 1.22 bits per heavy atom. The first-order valence-corrected chi connectivity index (χ1v) is 9.41. The number of carbonyl (C=O) groups excluding carboxylic acids is 1. The van der Waals surface area contributed by atoms with Gasteiger partial charge in [0, 0.05) is 17.1 Å². The minimum atomic E-state index is 0.00343. The molecule has 1 aromatic carbocycles. The highest BCUT2D eigenvalue weighted by Crippen LogP contribution is 2.33. The van der Waals surface area contributed by atoms with Crippen molar-refractivity contribution in [3.63, 3.8) is 0 Å². The van der Waals surface area contributed by atoms with Gasteiger partial charge < -0.3 is 4.90 Å². The summed E-state index contributed by atoms with van der Waals surface area (Å²) in [4.78, 5) is 20.6. The van der Waals surface area contributed by atoms with Gasteiger partial charge in [0.05, 0.1) is 4.88 Å². The maximum Gasteiger partial charge on any atom is 0.278 e. The number of nitrogens with zero attached hydrogens (tertiary/aromatic N) is 2. The van der Waals surface area contributed by atoms with E-state index in [0.29, 0.717) is 5.69 Å². The van der Waals surface area contributed by atoms with Crippen LogP contribution in [0.2, 0.25) is 0 Å². The summed E-state index contributed by atoms with van der Waals surface area (Å²) in [6.45, 7) is 2.11. The first-order valence-electron chi connectivity index (χ1n) is 7.65. The van der Waals surface area contributed by atoms with Crippen LogP contribution in [0.3, 0.4) is 0 Å². The molecular formula is C18H16N2OS2. The lowest BCUT2D eigenvalue weighted by atomic mass is 9.96. The number of carbonyl (C=O) groups is 1. The fraction of sp³-hybridized carbons (Fsp3) is 0.222. The fourth-order valence-electron chi connectivity index (χ4n) is 3.01. The van der Waals surface area contributed by atoms with E-state index in [0.717, 1.165) is 28.4 Å². The van der Waals surface area contributed by atoms with Gasteiger partial charge >= 0.3 is 0 Å². The summed E-state index contributed by atoms with van der Waals surface area (Å²) < 4.78 is 0. The zero-order valence-corrected chi connectivity index (χ0v) is 14.4. The Morgan fingerprint density at radius 2 is 2.09 bits per heavy atom. The molecule has 0 unspecified atom stereocenters. The Morgan fingerprint density at radius 3 is 2.91 bits per heavy atom. The second-order valence-corrected chi connectivity index (χ2v) is 7.51. The van der Waals surface area contributed by atoms with Gasteiger partial charge in [-0.25, -0.2) is 4.98 Å². The van der Waals surface area contributed by atoms with Crippen molar-refractivity contribution < 1.29 is 4.79 Å². The molecule has 2 aromatic heterocycles. The van der Waals surface area contributed by atoms with Crippen LogP contribution < -0.4 is 4.90 Å². The van der Waals surface area contributed by atoms with Crippen LogP contribution in [0, 0.1) is 0 Å². The molecule has 0 saturated heterocycles. The van der Waals surface area contributed by atoms with E-state index in [4.69, 9.17) is 0 Å². The van der Waals surface area contributed by atoms with E-state index in [-0.39, 0.29) is 11.9 Å². The molecule has 1 amide bonds. The van der Waals surface area contributed by atoms with Gasteiger partial charge in [-0.05, 0) is 42.8 Å². The number of thiophene rings is 1. The van der Waals surface area contributed by atoms with Crippen molar-refractivity contribution in [2.24, 2.45) is 0 Å². The lowest BCUT2D eigenvalue weighted by Gasteiger charge is -2.34. The van der Waals surface area contributed by atoms with Gasteiger partial charge in [0.2, 0.25) is 0 Å². The lowest BCUT2D eigenvalue weighted by molar-refractivity contribution is 0.0971. The van der Waals surface area contributed by atoms with E-state index in [2.05, 4.69) is 18.0 Å². The summed E-state index contributed by atoms with van der Waals surface area (Å²) in [6, 6.07) is 12.4. The molecule has 3 heterocycles. The number of thiazole rings is 1. The minimum absolute atomic E-state index is 0.00343. The summed E-state index contributed by atoms with van der Waals surface area (Å²) >= 11 is 3.18. The fourth-order valence-corrected chi connectivity index (χ4v) is 4.61. The number of aromatic nitrogens is 1. The molecule has 0 radical (unpaired) electrons. The molecule has 1 aliphatic heterocycles. The molecule has 5 heteroatoms. The molecule has 1 aliphatic rings. The monoisotopic (exact) mass is 340 g/mol. The molecule has 0 saturated carbocycles. The number of hydrogen-bond acceptors (Lipinski definition) is 4. The summed E-state index contributed by atoms with van der Waals surface area (Å²) in [7, 11) is 0. The normalized spacial score (nSPS) is 17.1. The number of rotatable bonds is 2. The van der Waals surface area contributed by atoms with E-state index < -0.39 is 0 Å². The number of benzene rings is 1. The largest absolute Gasteiger partial charge is 0.304 e. The second-order valence-electron chi connectivity index (χ2n) is 5.71. The van der Waals surface area contributed by atoms with Crippen LogP contribution in [0.15, 0.2) is 47.2 Å². The van der Waals surface area contributed by atoms with E-state index in [1.165, 1.54) is 16.9 Å². The molecule has 0 spiro atoms. The molecule has 4 rings (SSSR count). The third-order valence-corrected chi connectivity index (χ3v) is 6.08. The quantitative estimate of drug-likeness (QED) is 0.668. The Balaban J connectivity index is 1.69. The van der Waals surface area contributed by atoms with Crippen LogP contribution in [0.5, 0.6) is 0 Å². The minimum Gasteiger partial charge on any atom is -0.304 e. The van der Waals surface area contributed by atoms with Crippen molar-refractivity contribution in [1.29, 1.82) is 0 Å².